The van der Waals surface area contributed by atoms with Gasteiger partial charge >= 0.3 is 0 Å². The number of nitrogens with zero attached hydrogens (tertiary/aromatic N) is 2. The summed E-state index contributed by atoms with van der Waals surface area (Å²) in [5.41, 5.74) is 10.1. The number of benzene rings is 4. The van der Waals surface area contributed by atoms with Gasteiger partial charge in [0.2, 0.25) is 11.8 Å². The van der Waals surface area contributed by atoms with Crippen LogP contribution < -0.4 is 0 Å². The number of oxazole rings is 2. The zero-order chi connectivity index (χ0) is 28.1. The van der Waals surface area contributed by atoms with E-state index in [0.29, 0.717) is 11.8 Å². The monoisotopic (exact) mass is 526 g/mol. The Hall–Kier alpha value is -4.44. The Morgan fingerprint density at radius 3 is 1.23 bits per heavy atom. The number of aromatic nitrogens is 2. The third-order valence-corrected chi connectivity index (χ3v) is 7.29. The molecular formula is C36H34N2O2. The third kappa shape index (κ3) is 5.22. The predicted molar refractivity (Wildman–Crippen MR) is 165 cm³/mol. The van der Waals surface area contributed by atoms with E-state index in [9.17, 15) is 0 Å². The van der Waals surface area contributed by atoms with Gasteiger partial charge in [-0.15, -0.1) is 0 Å². The molecule has 0 bridgehead atoms. The molecule has 2 aromatic heterocycles. The van der Waals surface area contributed by atoms with Crippen molar-refractivity contribution in [3.05, 3.63) is 107 Å². The van der Waals surface area contributed by atoms with Gasteiger partial charge in [-0.25, -0.2) is 9.97 Å². The Morgan fingerprint density at radius 2 is 0.875 bits per heavy atom. The average Bonchev–Trinajstić information content (AvgIpc) is 3.55. The Bertz CT molecular complexity index is 1700. The molecule has 0 aliphatic rings. The fourth-order valence-electron chi connectivity index (χ4n) is 4.70. The minimum Gasteiger partial charge on any atom is -0.436 e. The molecule has 2 heterocycles. The smallest absolute Gasteiger partial charge is 0.227 e. The number of rotatable bonds is 4. The van der Waals surface area contributed by atoms with Gasteiger partial charge in [0.25, 0.3) is 0 Å². The van der Waals surface area contributed by atoms with Gasteiger partial charge in [0.1, 0.15) is 11.0 Å². The molecule has 6 rings (SSSR count). The quantitative estimate of drug-likeness (QED) is 0.214. The molecule has 4 heteroatoms. The van der Waals surface area contributed by atoms with Crippen LogP contribution in [0.2, 0.25) is 0 Å². The zero-order valence-corrected chi connectivity index (χ0v) is 23.9. The molecule has 0 saturated heterocycles. The SMILES string of the molecule is CC(C)(C)c1ccc2nc(-c3ccc(C=Cc4ccc(-c5nc6ccc(C(C)(C)C)cc6o5)cc4)cc3)oc2c1. The van der Waals surface area contributed by atoms with Gasteiger partial charge in [0.05, 0.1) is 0 Å². The van der Waals surface area contributed by atoms with Gasteiger partial charge in [0, 0.05) is 11.1 Å². The molecule has 40 heavy (non-hydrogen) atoms. The summed E-state index contributed by atoms with van der Waals surface area (Å²) in [4.78, 5) is 9.39. The van der Waals surface area contributed by atoms with Crippen molar-refractivity contribution in [3.8, 4) is 22.9 Å². The van der Waals surface area contributed by atoms with Crippen molar-refractivity contribution >= 4 is 34.4 Å². The molecule has 0 spiro atoms. The summed E-state index contributed by atoms with van der Waals surface area (Å²) >= 11 is 0. The molecular weight excluding hydrogens is 492 g/mol. The second-order valence-corrected chi connectivity index (χ2v) is 12.5. The Balaban J connectivity index is 1.16. The van der Waals surface area contributed by atoms with E-state index in [1.807, 2.05) is 12.1 Å². The Labute approximate surface area is 235 Å². The maximum Gasteiger partial charge on any atom is 0.227 e. The summed E-state index contributed by atoms with van der Waals surface area (Å²) in [7, 11) is 0. The minimum atomic E-state index is 0.0657. The van der Waals surface area contributed by atoms with Crippen molar-refractivity contribution in [3.63, 3.8) is 0 Å². The molecule has 4 aromatic carbocycles. The second kappa shape index (κ2) is 9.63. The highest BCUT2D eigenvalue weighted by atomic mass is 16.4. The topological polar surface area (TPSA) is 52.1 Å². The summed E-state index contributed by atoms with van der Waals surface area (Å²) < 4.78 is 12.2. The van der Waals surface area contributed by atoms with Gasteiger partial charge < -0.3 is 8.83 Å². The second-order valence-electron chi connectivity index (χ2n) is 12.5. The van der Waals surface area contributed by atoms with Crippen LogP contribution in [0.5, 0.6) is 0 Å². The molecule has 0 atom stereocenters. The van der Waals surface area contributed by atoms with Crippen molar-refractivity contribution < 1.29 is 8.83 Å². The highest BCUT2D eigenvalue weighted by Crippen LogP contribution is 2.31. The summed E-state index contributed by atoms with van der Waals surface area (Å²) in [6.07, 6.45) is 4.21. The van der Waals surface area contributed by atoms with E-state index in [0.717, 1.165) is 44.5 Å². The maximum absolute atomic E-state index is 6.10. The first-order chi connectivity index (χ1) is 19.0. The molecule has 6 aromatic rings. The summed E-state index contributed by atoms with van der Waals surface area (Å²) in [5.74, 6) is 1.28. The fraction of sp³-hybridized carbons (Fsp3) is 0.222. The predicted octanol–water partition coefficient (Wildman–Crippen LogP) is 10.1. The van der Waals surface area contributed by atoms with Crippen LogP contribution in [0, 0.1) is 0 Å². The van der Waals surface area contributed by atoms with Gasteiger partial charge in [-0.3, -0.25) is 0 Å². The number of hydrogen-bond donors (Lipinski definition) is 0. The molecule has 0 N–H and O–H groups in total. The van der Waals surface area contributed by atoms with E-state index in [2.05, 4.69) is 126 Å². The lowest BCUT2D eigenvalue weighted by Crippen LogP contribution is -2.10. The van der Waals surface area contributed by atoms with Crippen LogP contribution in [-0.4, -0.2) is 9.97 Å². The van der Waals surface area contributed by atoms with Gasteiger partial charge in [-0.1, -0.05) is 90.1 Å². The van der Waals surface area contributed by atoms with Gasteiger partial charge in [-0.2, -0.15) is 0 Å². The van der Waals surface area contributed by atoms with Crippen LogP contribution in [0.25, 0.3) is 57.3 Å². The van der Waals surface area contributed by atoms with E-state index >= 15 is 0 Å². The van der Waals surface area contributed by atoms with Crippen molar-refractivity contribution in [2.75, 3.05) is 0 Å². The van der Waals surface area contributed by atoms with E-state index in [1.54, 1.807) is 0 Å². The summed E-state index contributed by atoms with van der Waals surface area (Å²) in [6, 6.07) is 29.1. The largest absolute Gasteiger partial charge is 0.436 e. The fourth-order valence-corrected chi connectivity index (χ4v) is 4.70. The molecule has 0 aliphatic heterocycles. The lowest BCUT2D eigenvalue weighted by Gasteiger charge is -2.18. The summed E-state index contributed by atoms with van der Waals surface area (Å²) in [5, 5.41) is 0. The first-order valence-corrected chi connectivity index (χ1v) is 13.7. The lowest BCUT2D eigenvalue weighted by atomic mass is 9.87. The molecule has 0 radical (unpaired) electrons. The number of fused-ring (bicyclic) bond motifs is 2. The first-order valence-electron chi connectivity index (χ1n) is 13.7. The van der Waals surface area contributed by atoms with Crippen molar-refractivity contribution in [2.24, 2.45) is 0 Å². The average molecular weight is 527 g/mol. The van der Waals surface area contributed by atoms with Crippen molar-refractivity contribution in [1.82, 2.24) is 9.97 Å². The van der Waals surface area contributed by atoms with Gasteiger partial charge in [-0.05, 0) is 81.6 Å². The van der Waals surface area contributed by atoms with E-state index < -0.39 is 0 Å². The van der Waals surface area contributed by atoms with Crippen molar-refractivity contribution in [2.45, 2.75) is 52.4 Å². The van der Waals surface area contributed by atoms with Crippen molar-refractivity contribution in [1.29, 1.82) is 0 Å². The molecule has 0 fully saturated rings. The van der Waals surface area contributed by atoms with E-state index in [4.69, 9.17) is 18.8 Å². The van der Waals surface area contributed by atoms with E-state index in [-0.39, 0.29) is 10.8 Å². The standard InChI is InChI=1S/C36H34N2O2/c1-35(2,3)27-17-19-29-31(21-27)39-33(37-29)25-13-9-23(10-14-25)7-8-24-11-15-26(16-12-24)34-38-30-20-18-28(36(4,5)6)22-32(30)40-34/h7-22H,1-6H3. The number of hydrogen-bond acceptors (Lipinski definition) is 4. The molecule has 0 saturated carbocycles. The highest BCUT2D eigenvalue weighted by molar-refractivity contribution is 5.79. The van der Waals surface area contributed by atoms with Crippen LogP contribution in [0.15, 0.2) is 93.8 Å². The van der Waals surface area contributed by atoms with Crippen LogP contribution in [-0.2, 0) is 10.8 Å². The molecule has 0 amide bonds. The molecule has 0 unspecified atom stereocenters. The van der Waals surface area contributed by atoms with Crippen LogP contribution in [0.1, 0.15) is 63.8 Å². The third-order valence-electron chi connectivity index (χ3n) is 7.29. The molecule has 200 valence electrons. The van der Waals surface area contributed by atoms with Crippen LogP contribution in [0.3, 0.4) is 0 Å². The zero-order valence-electron chi connectivity index (χ0n) is 23.9. The maximum atomic E-state index is 6.10. The first kappa shape index (κ1) is 25.8. The lowest BCUT2D eigenvalue weighted by molar-refractivity contribution is 0.584. The molecule has 0 aliphatic carbocycles. The van der Waals surface area contributed by atoms with E-state index in [1.165, 1.54) is 11.1 Å². The Kier molecular flexibility index (Phi) is 6.22. The van der Waals surface area contributed by atoms with Crippen LogP contribution in [0.4, 0.5) is 0 Å². The highest BCUT2D eigenvalue weighted by Gasteiger charge is 2.17. The van der Waals surface area contributed by atoms with Crippen LogP contribution >= 0.6 is 0 Å². The minimum absolute atomic E-state index is 0.0657. The van der Waals surface area contributed by atoms with Gasteiger partial charge in [0.15, 0.2) is 11.2 Å². The normalized spacial score (nSPS) is 12.7. The summed E-state index contributed by atoms with van der Waals surface area (Å²) in [6.45, 7) is 13.2. The Morgan fingerprint density at radius 1 is 0.500 bits per heavy atom. The molecule has 4 nitrogen and oxygen atoms in total.